The summed E-state index contributed by atoms with van der Waals surface area (Å²) in [5, 5.41) is 8.42. The number of carbonyl (C=O) groups excluding carboxylic acids is 1. The number of para-hydroxylation sites is 1. The van der Waals surface area contributed by atoms with E-state index in [1.807, 2.05) is 0 Å². The van der Waals surface area contributed by atoms with Crippen LogP contribution in [0.3, 0.4) is 0 Å². The molecule has 2 aliphatic heterocycles. The zero-order chi connectivity index (χ0) is 27.8. The summed E-state index contributed by atoms with van der Waals surface area (Å²) in [4.78, 5) is 12.7. The van der Waals surface area contributed by atoms with Gasteiger partial charge in [-0.3, -0.25) is 5.32 Å². The van der Waals surface area contributed by atoms with E-state index in [1.54, 1.807) is 6.07 Å². The van der Waals surface area contributed by atoms with Crippen molar-refractivity contribution >= 4 is 11.7 Å². The Morgan fingerprint density at radius 1 is 1.05 bits per heavy atom. The fourth-order valence-electron chi connectivity index (χ4n) is 4.54. The fourth-order valence-corrected chi connectivity index (χ4v) is 4.54. The van der Waals surface area contributed by atoms with Gasteiger partial charge < -0.3 is 20.1 Å². The van der Waals surface area contributed by atoms with Crippen molar-refractivity contribution in [1.82, 2.24) is 10.6 Å². The number of hydrogen-bond acceptors (Lipinski definition) is 4. The summed E-state index contributed by atoms with van der Waals surface area (Å²) in [5.74, 6) is -0.000925. The number of piperidine rings is 1. The quantitative estimate of drug-likeness (QED) is 0.391. The van der Waals surface area contributed by atoms with Gasteiger partial charge in [0.25, 0.3) is 0 Å². The van der Waals surface area contributed by atoms with E-state index in [9.17, 15) is 31.1 Å². The summed E-state index contributed by atoms with van der Waals surface area (Å²) in [6, 6.07) is 9.93. The van der Waals surface area contributed by atoms with Gasteiger partial charge in [-0.05, 0) is 57.0 Å². The van der Waals surface area contributed by atoms with Crippen LogP contribution in [0.1, 0.15) is 44.2 Å². The number of amides is 2. The predicted octanol–water partition coefficient (Wildman–Crippen LogP) is 5.98. The molecule has 6 nitrogen and oxygen atoms in total. The average molecular weight is 546 g/mol. The van der Waals surface area contributed by atoms with E-state index in [0.717, 1.165) is 13.8 Å². The summed E-state index contributed by atoms with van der Waals surface area (Å²) >= 11 is 0. The lowest BCUT2D eigenvalue weighted by Crippen LogP contribution is -2.57. The lowest BCUT2D eigenvalue weighted by molar-refractivity contribution is -0.334. The van der Waals surface area contributed by atoms with Gasteiger partial charge in [-0.25, -0.2) is 4.79 Å². The lowest BCUT2D eigenvalue weighted by atomic mass is 9.84. The number of benzene rings is 2. The maximum Gasteiger partial charge on any atom is 0.421 e. The first-order chi connectivity index (χ1) is 17.7. The molecule has 38 heavy (non-hydrogen) atoms. The highest BCUT2D eigenvalue weighted by molar-refractivity contribution is 5.89. The normalized spacial score (nSPS) is 24.3. The molecular weight excluding hydrogens is 516 g/mol. The van der Waals surface area contributed by atoms with Gasteiger partial charge in [-0.1, -0.05) is 30.3 Å². The van der Waals surface area contributed by atoms with Crippen molar-refractivity contribution in [2.75, 3.05) is 18.5 Å². The van der Waals surface area contributed by atoms with Crippen molar-refractivity contribution in [3.8, 4) is 5.75 Å². The fraction of sp³-hybridized carbons (Fsp3) is 0.500. The number of urea groups is 1. The zero-order valence-electron chi connectivity index (χ0n) is 20.8. The molecule has 2 aromatic carbocycles. The van der Waals surface area contributed by atoms with Gasteiger partial charge in [0.15, 0.2) is 11.8 Å². The molecule has 2 heterocycles. The first kappa shape index (κ1) is 28.0. The molecule has 0 bridgehead atoms. The van der Waals surface area contributed by atoms with Crippen LogP contribution in [0.5, 0.6) is 5.75 Å². The van der Waals surface area contributed by atoms with Gasteiger partial charge in [0.1, 0.15) is 5.75 Å². The molecule has 3 N–H and O–H groups in total. The van der Waals surface area contributed by atoms with E-state index < -0.39 is 41.7 Å². The molecule has 2 fully saturated rings. The number of alkyl halides is 6. The minimum absolute atomic E-state index is 0.000925. The van der Waals surface area contributed by atoms with Gasteiger partial charge in [-0.2, -0.15) is 26.3 Å². The van der Waals surface area contributed by atoms with Gasteiger partial charge in [0, 0.05) is 17.7 Å². The topological polar surface area (TPSA) is 71.6 Å². The summed E-state index contributed by atoms with van der Waals surface area (Å²) in [7, 11) is 0. The highest BCUT2D eigenvalue weighted by Gasteiger charge is 2.62. The van der Waals surface area contributed by atoms with Gasteiger partial charge in [0.2, 0.25) is 0 Å². The van der Waals surface area contributed by atoms with Crippen molar-refractivity contribution in [1.29, 1.82) is 0 Å². The Bertz CT molecular complexity index is 1130. The first-order valence-electron chi connectivity index (χ1n) is 12.2. The van der Waals surface area contributed by atoms with E-state index in [0.29, 0.717) is 19.4 Å². The Labute approximate surface area is 216 Å². The number of rotatable bonds is 6. The van der Waals surface area contributed by atoms with Crippen LogP contribution in [0.25, 0.3) is 0 Å². The summed E-state index contributed by atoms with van der Waals surface area (Å²) in [6.07, 6.45) is -8.94. The number of ether oxygens (including phenoxy) is 2. The standard InChI is InChI=1S/C26H29F6N3O3/c1-23(2,25(27,28)29)16-9-11-17(12-10-16)34-22(36)35-19-7-5-14-33-21(19)38-20-8-4-3-6-18(20)24(13-15-37-24)26(30,31)32/h3-4,6,8-12,19,21,33H,5,7,13-15H2,1-2H3,(H2,34,35,36). The van der Waals surface area contributed by atoms with Crippen LogP contribution in [0.2, 0.25) is 0 Å². The second-order valence-corrected chi connectivity index (χ2v) is 9.96. The SMILES string of the molecule is CC(C)(c1ccc(NC(=O)NC2CCCNC2Oc2ccccc2C2(C(F)(F)F)CCO2)cc1)C(F)(F)F. The Morgan fingerprint density at radius 3 is 2.29 bits per heavy atom. The molecule has 0 spiro atoms. The number of hydrogen-bond donors (Lipinski definition) is 3. The third kappa shape index (κ3) is 5.42. The number of nitrogens with one attached hydrogen (secondary N) is 3. The highest BCUT2D eigenvalue weighted by Crippen LogP contribution is 2.52. The minimum Gasteiger partial charge on any atom is -0.473 e. The van der Waals surface area contributed by atoms with Crippen LogP contribution in [0.4, 0.5) is 36.8 Å². The summed E-state index contributed by atoms with van der Waals surface area (Å²) < 4.78 is 92.6. The molecule has 3 unspecified atom stereocenters. The van der Waals surface area contributed by atoms with Crippen molar-refractivity contribution in [2.45, 2.75) is 68.7 Å². The van der Waals surface area contributed by atoms with E-state index in [1.165, 1.54) is 42.5 Å². The Balaban J connectivity index is 1.44. The molecule has 208 valence electrons. The van der Waals surface area contributed by atoms with Crippen LogP contribution >= 0.6 is 0 Å². The average Bonchev–Trinajstić information content (AvgIpc) is 2.79. The van der Waals surface area contributed by atoms with Crippen LogP contribution in [0.15, 0.2) is 48.5 Å². The third-order valence-corrected chi connectivity index (χ3v) is 7.13. The molecule has 3 atom stereocenters. The van der Waals surface area contributed by atoms with Gasteiger partial charge in [-0.15, -0.1) is 0 Å². The van der Waals surface area contributed by atoms with Crippen molar-refractivity contribution in [2.24, 2.45) is 0 Å². The van der Waals surface area contributed by atoms with Crippen molar-refractivity contribution in [3.63, 3.8) is 0 Å². The smallest absolute Gasteiger partial charge is 0.421 e. The zero-order valence-corrected chi connectivity index (χ0v) is 20.8. The highest BCUT2D eigenvalue weighted by atomic mass is 19.4. The van der Waals surface area contributed by atoms with E-state index in [4.69, 9.17) is 9.47 Å². The first-order valence-corrected chi connectivity index (χ1v) is 12.2. The Kier molecular flexibility index (Phi) is 7.59. The molecule has 0 aromatic heterocycles. The summed E-state index contributed by atoms with van der Waals surface area (Å²) in [5.41, 5.74) is -4.30. The Morgan fingerprint density at radius 2 is 1.71 bits per heavy atom. The molecule has 0 saturated carbocycles. The van der Waals surface area contributed by atoms with Gasteiger partial charge >= 0.3 is 18.4 Å². The molecular formula is C26H29F6N3O3. The molecule has 2 aromatic rings. The molecule has 12 heteroatoms. The molecule has 2 amide bonds. The molecule has 0 radical (unpaired) electrons. The van der Waals surface area contributed by atoms with Crippen LogP contribution in [0, 0.1) is 0 Å². The number of halogens is 6. The predicted molar refractivity (Wildman–Crippen MR) is 128 cm³/mol. The Hall–Kier alpha value is -2.99. The molecule has 2 aliphatic rings. The van der Waals surface area contributed by atoms with Gasteiger partial charge in [0.05, 0.1) is 18.1 Å². The molecule has 0 aliphatic carbocycles. The van der Waals surface area contributed by atoms with Crippen LogP contribution < -0.4 is 20.7 Å². The number of carbonyl (C=O) groups is 1. The molecule has 2 saturated heterocycles. The van der Waals surface area contributed by atoms with Crippen LogP contribution in [-0.4, -0.2) is 43.8 Å². The maximum absolute atomic E-state index is 13.9. The summed E-state index contributed by atoms with van der Waals surface area (Å²) in [6.45, 7) is 2.66. The van der Waals surface area contributed by atoms with Crippen molar-refractivity contribution in [3.05, 3.63) is 59.7 Å². The monoisotopic (exact) mass is 545 g/mol. The number of anilines is 1. The maximum atomic E-state index is 13.9. The third-order valence-electron chi connectivity index (χ3n) is 7.13. The second-order valence-electron chi connectivity index (χ2n) is 9.96. The largest absolute Gasteiger partial charge is 0.473 e. The lowest BCUT2D eigenvalue weighted by Gasteiger charge is -2.44. The minimum atomic E-state index is -4.63. The second kappa shape index (κ2) is 10.3. The van der Waals surface area contributed by atoms with Crippen LogP contribution in [-0.2, 0) is 15.8 Å². The van der Waals surface area contributed by atoms with Crippen molar-refractivity contribution < 1.29 is 40.6 Å². The van der Waals surface area contributed by atoms with E-state index in [-0.39, 0.29) is 35.6 Å². The molecule has 4 rings (SSSR count). The van der Waals surface area contributed by atoms with E-state index >= 15 is 0 Å². The van der Waals surface area contributed by atoms with E-state index in [2.05, 4.69) is 16.0 Å².